The Morgan fingerprint density at radius 1 is 1.19 bits per heavy atom. The van der Waals surface area contributed by atoms with Crippen molar-refractivity contribution in [3.8, 4) is 0 Å². The van der Waals surface area contributed by atoms with Crippen LogP contribution in [0.2, 0.25) is 0 Å². The Morgan fingerprint density at radius 3 is 2.69 bits per heavy atom. The summed E-state index contributed by atoms with van der Waals surface area (Å²) in [5, 5.41) is 0. The van der Waals surface area contributed by atoms with Crippen molar-refractivity contribution < 1.29 is 0 Å². The number of benzene rings is 1. The van der Waals surface area contributed by atoms with Crippen LogP contribution in [0.4, 0.5) is 5.69 Å². The molecule has 2 aromatic rings. The molecule has 0 aliphatic rings. The molecule has 0 saturated heterocycles. The maximum Gasteiger partial charge on any atom is 0.132 e. The first kappa shape index (κ1) is 10.6. The van der Waals surface area contributed by atoms with Crippen LogP contribution in [-0.2, 0) is 6.42 Å². The van der Waals surface area contributed by atoms with Gasteiger partial charge in [0.2, 0.25) is 0 Å². The highest BCUT2D eigenvalue weighted by Gasteiger charge is 2.03. The average Bonchev–Trinajstić information content (AvgIpc) is 2.22. The first-order valence-electron chi connectivity index (χ1n) is 5.28. The molecule has 0 aliphatic carbocycles. The molecule has 2 rings (SSSR count). The molecule has 0 fully saturated rings. The van der Waals surface area contributed by atoms with E-state index in [-0.39, 0.29) is 0 Å². The molecule has 2 N–H and O–H groups in total. The van der Waals surface area contributed by atoms with Gasteiger partial charge in [0.05, 0.1) is 0 Å². The van der Waals surface area contributed by atoms with E-state index in [1.807, 2.05) is 31.2 Å². The number of nitrogens with two attached hydrogens (primary N) is 1. The zero-order chi connectivity index (χ0) is 11.5. The summed E-state index contributed by atoms with van der Waals surface area (Å²) in [5.74, 6) is 0.855. The summed E-state index contributed by atoms with van der Waals surface area (Å²) in [6.07, 6.45) is 2.55. The van der Waals surface area contributed by atoms with E-state index in [1.54, 1.807) is 6.20 Å². The number of anilines is 1. The summed E-state index contributed by atoms with van der Waals surface area (Å²) in [5.41, 5.74) is 9.92. The van der Waals surface area contributed by atoms with Gasteiger partial charge in [0.15, 0.2) is 0 Å². The minimum atomic E-state index is 0.758. The molecule has 0 saturated carbocycles. The lowest BCUT2D eigenvalue weighted by atomic mass is 10.0. The zero-order valence-corrected chi connectivity index (χ0v) is 9.57. The predicted octanol–water partition coefficient (Wildman–Crippen LogP) is 2.27. The molecule has 16 heavy (non-hydrogen) atoms. The van der Waals surface area contributed by atoms with Crippen LogP contribution in [0.15, 0.2) is 30.5 Å². The topological polar surface area (TPSA) is 51.8 Å². The third-order valence-electron chi connectivity index (χ3n) is 2.56. The monoisotopic (exact) mass is 213 g/mol. The predicted molar refractivity (Wildman–Crippen MR) is 65.2 cm³/mol. The Balaban J connectivity index is 2.27. The van der Waals surface area contributed by atoms with Gasteiger partial charge in [-0.1, -0.05) is 6.07 Å². The molecule has 0 aliphatic heterocycles. The smallest absolute Gasteiger partial charge is 0.132 e. The quantitative estimate of drug-likeness (QED) is 0.778. The van der Waals surface area contributed by atoms with E-state index in [9.17, 15) is 0 Å². The van der Waals surface area contributed by atoms with Gasteiger partial charge in [-0.25, -0.2) is 9.97 Å². The molecule has 3 heteroatoms. The van der Waals surface area contributed by atoms with Gasteiger partial charge in [0.25, 0.3) is 0 Å². The summed E-state index contributed by atoms with van der Waals surface area (Å²) in [7, 11) is 0. The van der Waals surface area contributed by atoms with E-state index in [2.05, 4.69) is 16.9 Å². The van der Waals surface area contributed by atoms with Crippen LogP contribution in [0.1, 0.15) is 22.6 Å². The van der Waals surface area contributed by atoms with Gasteiger partial charge < -0.3 is 5.73 Å². The third-order valence-corrected chi connectivity index (χ3v) is 2.56. The second-order valence-corrected chi connectivity index (χ2v) is 3.98. The minimum absolute atomic E-state index is 0.758. The highest BCUT2D eigenvalue weighted by molar-refractivity contribution is 5.44. The first-order chi connectivity index (χ1) is 7.65. The van der Waals surface area contributed by atoms with Gasteiger partial charge in [0, 0.05) is 24.0 Å². The lowest BCUT2D eigenvalue weighted by molar-refractivity contribution is 0.937. The van der Waals surface area contributed by atoms with Crippen LogP contribution < -0.4 is 5.73 Å². The van der Waals surface area contributed by atoms with Crippen molar-refractivity contribution >= 4 is 5.69 Å². The van der Waals surface area contributed by atoms with Crippen molar-refractivity contribution in [1.29, 1.82) is 0 Å². The number of aryl methyl sites for hydroxylation is 2. The Hall–Kier alpha value is -1.90. The molecule has 1 aromatic carbocycles. The fourth-order valence-electron chi connectivity index (χ4n) is 1.67. The van der Waals surface area contributed by atoms with Gasteiger partial charge in [-0.05, 0) is 43.2 Å². The van der Waals surface area contributed by atoms with Crippen molar-refractivity contribution in [2.45, 2.75) is 20.3 Å². The summed E-state index contributed by atoms with van der Waals surface area (Å²) < 4.78 is 0. The van der Waals surface area contributed by atoms with Gasteiger partial charge in [-0.3, -0.25) is 0 Å². The molecule has 0 bridgehead atoms. The molecule has 1 heterocycles. The summed E-state index contributed by atoms with van der Waals surface area (Å²) in [4.78, 5) is 8.65. The molecule has 0 unspecified atom stereocenters. The number of hydrogen-bond donors (Lipinski definition) is 1. The fraction of sp³-hybridized carbons (Fsp3) is 0.231. The number of nitrogens with zero attached hydrogens (tertiary/aromatic N) is 2. The van der Waals surface area contributed by atoms with Crippen molar-refractivity contribution in [3.63, 3.8) is 0 Å². The van der Waals surface area contributed by atoms with E-state index >= 15 is 0 Å². The van der Waals surface area contributed by atoms with Crippen molar-refractivity contribution in [3.05, 3.63) is 53.1 Å². The average molecular weight is 213 g/mol. The summed E-state index contributed by atoms with van der Waals surface area (Å²) in [6, 6.07) is 7.83. The highest BCUT2D eigenvalue weighted by Crippen LogP contribution is 2.15. The highest BCUT2D eigenvalue weighted by atomic mass is 14.9. The van der Waals surface area contributed by atoms with Crippen molar-refractivity contribution in [2.75, 3.05) is 5.73 Å². The standard InChI is InChI=1S/C13H15N3/c1-9-7-12(14)4-3-11(9)8-13-15-6-5-10(2)16-13/h3-7H,8,14H2,1-2H3. The van der Waals surface area contributed by atoms with Crippen LogP contribution in [-0.4, -0.2) is 9.97 Å². The van der Waals surface area contributed by atoms with Gasteiger partial charge in [0.1, 0.15) is 5.82 Å². The Morgan fingerprint density at radius 2 is 2.00 bits per heavy atom. The number of hydrogen-bond acceptors (Lipinski definition) is 3. The molecule has 1 aromatic heterocycles. The molecular weight excluding hydrogens is 198 g/mol. The SMILES string of the molecule is Cc1ccnc(Cc2ccc(N)cc2C)n1. The van der Waals surface area contributed by atoms with Crippen LogP contribution in [0, 0.1) is 13.8 Å². The van der Waals surface area contributed by atoms with Crippen LogP contribution in [0.25, 0.3) is 0 Å². The Kier molecular flexibility index (Phi) is 2.86. The molecule has 82 valence electrons. The zero-order valence-electron chi connectivity index (χ0n) is 9.57. The molecule has 3 nitrogen and oxygen atoms in total. The van der Waals surface area contributed by atoms with Crippen LogP contribution in [0.5, 0.6) is 0 Å². The van der Waals surface area contributed by atoms with Crippen LogP contribution in [0.3, 0.4) is 0 Å². The second-order valence-electron chi connectivity index (χ2n) is 3.98. The second kappa shape index (κ2) is 4.31. The lowest BCUT2D eigenvalue weighted by Crippen LogP contribution is -1.99. The molecule has 0 atom stereocenters. The number of nitrogen functional groups attached to an aromatic ring is 1. The Labute approximate surface area is 95.4 Å². The molecule has 0 spiro atoms. The molecule has 0 amide bonds. The normalized spacial score (nSPS) is 10.4. The molecule has 0 radical (unpaired) electrons. The summed E-state index contributed by atoms with van der Waals surface area (Å²) >= 11 is 0. The van der Waals surface area contributed by atoms with Gasteiger partial charge >= 0.3 is 0 Å². The van der Waals surface area contributed by atoms with Crippen molar-refractivity contribution in [1.82, 2.24) is 9.97 Å². The fourth-order valence-corrected chi connectivity index (χ4v) is 1.67. The van der Waals surface area contributed by atoms with Gasteiger partial charge in [-0.2, -0.15) is 0 Å². The van der Waals surface area contributed by atoms with E-state index in [1.165, 1.54) is 11.1 Å². The summed E-state index contributed by atoms with van der Waals surface area (Å²) in [6.45, 7) is 4.03. The van der Waals surface area contributed by atoms with Crippen molar-refractivity contribution in [2.24, 2.45) is 0 Å². The van der Waals surface area contributed by atoms with E-state index in [4.69, 9.17) is 5.73 Å². The van der Waals surface area contributed by atoms with E-state index < -0.39 is 0 Å². The van der Waals surface area contributed by atoms with E-state index in [0.717, 1.165) is 23.6 Å². The number of rotatable bonds is 2. The lowest BCUT2D eigenvalue weighted by Gasteiger charge is -2.06. The maximum absolute atomic E-state index is 5.71. The number of aromatic nitrogens is 2. The first-order valence-corrected chi connectivity index (χ1v) is 5.28. The van der Waals surface area contributed by atoms with Gasteiger partial charge in [-0.15, -0.1) is 0 Å². The third kappa shape index (κ3) is 2.37. The van der Waals surface area contributed by atoms with E-state index in [0.29, 0.717) is 0 Å². The largest absolute Gasteiger partial charge is 0.399 e. The molecular formula is C13H15N3. The Bertz CT molecular complexity index is 506. The maximum atomic E-state index is 5.71. The minimum Gasteiger partial charge on any atom is -0.399 e. The van der Waals surface area contributed by atoms with Crippen LogP contribution >= 0.6 is 0 Å².